The minimum absolute atomic E-state index is 0.0267. The summed E-state index contributed by atoms with van der Waals surface area (Å²) in [5.41, 5.74) is 1.47. The average molecular weight is 250 g/mol. The molecule has 2 nitrogen and oxygen atoms in total. The summed E-state index contributed by atoms with van der Waals surface area (Å²) in [6, 6.07) is 0. The molecule has 0 heterocycles. The van der Waals surface area contributed by atoms with Crippen LogP contribution >= 0.6 is 0 Å². The molecule has 18 heavy (non-hydrogen) atoms. The Kier molecular flexibility index (Phi) is 3.57. The summed E-state index contributed by atoms with van der Waals surface area (Å²) in [6.45, 7) is 8.95. The molecule has 0 aromatic carbocycles. The van der Waals surface area contributed by atoms with E-state index in [-0.39, 0.29) is 11.3 Å². The number of aliphatic carboxylic acids is 1. The van der Waals surface area contributed by atoms with E-state index in [4.69, 9.17) is 0 Å². The summed E-state index contributed by atoms with van der Waals surface area (Å²) in [5, 5.41) is 9.56. The van der Waals surface area contributed by atoms with Crippen molar-refractivity contribution in [1.29, 1.82) is 0 Å². The van der Waals surface area contributed by atoms with E-state index in [1.807, 2.05) is 0 Å². The second-order valence-corrected chi connectivity index (χ2v) is 6.81. The maximum Gasteiger partial charge on any atom is 0.307 e. The lowest BCUT2D eigenvalue weighted by Gasteiger charge is -2.45. The Bertz CT molecular complexity index is 369. The molecule has 102 valence electrons. The predicted octanol–water partition coefficient (Wildman–Crippen LogP) is 4.12. The van der Waals surface area contributed by atoms with Crippen molar-refractivity contribution in [1.82, 2.24) is 0 Å². The summed E-state index contributed by atoms with van der Waals surface area (Å²) in [5.74, 6) is 1.01. The van der Waals surface area contributed by atoms with Crippen LogP contribution in [0.1, 0.15) is 53.4 Å². The summed E-state index contributed by atoms with van der Waals surface area (Å²) in [7, 11) is 0. The summed E-state index contributed by atoms with van der Waals surface area (Å²) in [6.07, 6.45) is 6.31. The van der Waals surface area contributed by atoms with Gasteiger partial charge in [0, 0.05) is 0 Å². The molecule has 0 saturated heterocycles. The van der Waals surface area contributed by atoms with Crippen LogP contribution in [0.15, 0.2) is 11.6 Å². The lowest BCUT2D eigenvalue weighted by atomic mass is 9.59. The van der Waals surface area contributed by atoms with Gasteiger partial charge in [0.25, 0.3) is 0 Å². The molecule has 2 heteroatoms. The molecule has 0 radical (unpaired) electrons. The van der Waals surface area contributed by atoms with E-state index in [1.54, 1.807) is 0 Å². The molecule has 0 amide bonds. The van der Waals surface area contributed by atoms with Gasteiger partial charge in [-0.15, -0.1) is 0 Å². The van der Waals surface area contributed by atoms with Crippen LogP contribution in [0.2, 0.25) is 0 Å². The fourth-order valence-corrected chi connectivity index (χ4v) is 4.50. The Labute approximate surface area is 110 Å². The molecule has 1 fully saturated rings. The quantitative estimate of drug-likeness (QED) is 0.749. The summed E-state index contributed by atoms with van der Waals surface area (Å²) in [4.78, 5) is 11.6. The third-order valence-electron chi connectivity index (χ3n) is 5.57. The average Bonchev–Trinajstić information content (AvgIpc) is 2.63. The van der Waals surface area contributed by atoms with E-state index < -0.39 is 5.97 Å². The third-order valence-corrected chi connectivity index (χ3v) is 5.57. The lowest BCUT2D eigenvalue weighted by Crippen LogP contribution is -2.41. The van der Waals surface area contributed by atoms with Crippen molar-refractivity contribution in [3.8, 4) is 0 Å². The normalized spacial score (nSPS) is 40.3. The molecule has 2 aliphatic rings. The summed E-state index contributed by atoms with van der Waals surface area (Å²) < 4.78 is 0. The van der Waals surface area contributed by atoms with Crippen molar-refractivity contribution in [2.75, 3.05) is 0 Å². The smallest absolute Gasteiger partial charge is 0.307 e. The predicted molar refractivity (Wildman–Crippen MR) is 73.3 cm³/mol. The largest absolute Gasteiger partial charge is 0.481 e. The fourth-order valence-electron chi connectivity index (χ4n) is 4.50. The van der Waals surface area contributed by atoms with Gasteiger partial charge in [-0.25, -0.2) is 0 Å². The van der Waals surface area contributed by atoms with Crippen LogP contribution in [-0.4, -0.2) is 11.1 Å². The van der Waals surface area contributed by atoms with Gasteiger partial charge in [-0.1, -0.05) is 32.4 Å². The molecule has 1 spiro atoms. The first-order chi connectivity index (χ1) is 8.38. The second kappa shape index (κ2) is 4.71. The van der Waals surface area contributed by atoms with Crippen molar-refractivity contribution in [2.24, 2.45) is 29.1 Å². The summed E-state index contributed by atoms with van der Waals surface area (Å²) >= 11 is 0. The third kappa shape index (κ3) is 2.00. The zero-order valence-electron chi connectivity index (χ0n) is 12.1. The highest BCUT2D eigenvalue weighted by Crippen LogP contribution is 2.59. The number of carbonyl (C=O) groups is 1. The molecular weight excluding hydrogens is 224 g/mol. The second-order valence-electron chi connectivity index (χ2n) is 6.81. The van der Waals surface area contributed by atoms with Gasteiger partial charge in [0.2, 0.25) is 0 Å². The molecule has 0 bridgehead atoms. The van der Waals surface area contributed by atoms with Crippen LogP contribution < -0.4 is 0 Å². The highest BCUT2D eigenvalue weighted by molar-refractivity contribution is 5.72. The first-order valence-electron chi connectivity index (χ1n) is 7.28. The SMILES string of the molecule is CC1=CC[C@@]2(C[C@@H]1C)[C@@H](C(=O)O)CC[C@H]2C(C)C. The van der Waals surface area contributed by atoms with Gasteiger partial charge in [0.15, 0.2) is 0 Å². The highest BCUT2D eigenvalue weighted by atomic mass is 16.4. The first-order valence-corrected chi connectivity index (χ1v) is 7.28. The Balaban J connectivity index is 2.37. The van der Waals surface area contributed by atoms with Crippen LogP contribution in [0.4, 0.5) is 0 Å². The van der Waals surface area contributed by atoms with Gasteiger partial charge in [0.1, 0.15) is 0 Å². The van der Waals surface area contributed by atoms with E-state index in [1.165, 1.54) is 5.57 Å². The Morgan fingerprint density at radius 1 is 1.44 bits per heavy atom. The minimum atomic E-state index is -0.571. The maximum absolute atomic E-state index is 11.6. The fraction of sp³-hybridized carbons (Fsp3) is 0.812. The first kappa shape index (κ1) is 13.6. The zero-order valence-corrected chi connectivity index (χ0v) is 12.1. The molecule has 2 aliphatic carbocycles. The Hall–Kier alpha value is -0.790. The van der Waals surface area contributed by atoms with Gasteiger partial charge in [-0.3, -0.25) is 4.79 Å². The van der Waals surface area contributed by atoms with Gasteiger partial charge >= 0.3 is 5.97 Å². The number of carboxylic acids is 1. The molecule has 0 unspecified atom stereocenters. The monoisotopic (exact) mass is 250 g/mol. The molecule has 0 aromatic rings. The molecule has 2 rings (SSSR count). The maximum atomic E-state index is 11.6. The van der Waals surface area contributed by atoms with Gasteiger partial charge < -0.3 is 5.11 Å². The standard InChI is InChI=1S/C16H26O2/c1-10(2)13-5-6-14(15(17)18)16(13)8-7-11(3)12(4)9-16/h7,10,12-14H,5-6,8-9H2,1-4H3,(H,17,18)/t12-,13-,14+,16-/m0/s1. The Morgan fingerprint density at radius 3 is 2.61 bits per heavy atom. The number of rotatable bonds is 2. The molecule has 1 saturated carbocycles. The number of carboxylic acid groups (broad SMARTS) is 1. The van der Waals surface area contributed by atoms with Gasteiger partial charge in [0.05, 0.1) is 5.92 Å². The molecule has 4 atom stereocenters. The number of hydrogen-bond donors (Lipinski definition) is 1. The van der Waals surface area contributed by atoms with Crippen LogP contribution in [0, 0.1) is 29.1 Å². The Morgan fingerprint density at radius 2 is 2.11 bits per heavy atom. The van der Waals surface area contributed by atoms with Gasteiger partial charge in [-0.05, 0) is 55.8 Å². The van der Waals surface area contributed by atoms with Crippen LogP contribution in [0.25, 0.3) is 0 Å². The molecule has 1 N–H and O–H groups in total. The number of hydrogen-bond acceptors (Lipinski definition) is 1. The van der Waals surface area contributed by atoms with E-state index in [9.17, 15) is 9.90 Å². The van der Waals surface area contributed by atoms with E-state index in [0.29, 0.717) is 17.8 Å². The van der Waals surface area contributed by atoms with Crippen molar-refractivity contribution < 1.29 is 9.90 Å². The van der Waals surface area contributed by atoms with E-state index in [0.717, 1.165) is 25.7 Å². The van der Waals surface area contributed by atoms with Crippen LogP contribution in [0.5, 0.6) is 0 Å². The number of allylic oxidation sites excluding steroid dienone is 2. The van der Waals surface area contributed by atoms with Crippen LogP contribution in [-0.2, 0) is 4.79 Å². The topological polar surface area (TPSA) is 37.3 Å². The highest BCUT2D eigenvalue weighted by Gasteiger charge is 2.54. The van der Waals surface area contributed by atoms with E-state index in [2.05, 4.69) is 33.8 Å². The van der Waals surface area contributed by atoms with Crippen molar-refractivity contribution in [3.63, 3.8) is 0 Å². The molecule has 0 aromatic heterocycles. The molecular formula is C16H26O2. The lowest BCUT2D eigenvalue weighted by molar-refractivity contribution is -0.147. The van der Waals surface area contributed by atoms with E-state index >= 15 is 0 Å². The van der Waals surface area contributed by atoms with Crippen LogP contribution in [0.3, 0.4) is 0 Å². The molecule has 0 aliphatic heterocycles. The van der Waals surface area contributed by atoms with Crippen molar-refractivity contribution in [2.45, 2.75) is 53.4 Å². The minimum Gasteiger partial charge on any atom is -0.481 e. The zero-order chi connectivity index (χ0) is 13.5. The van der Waals surface area contributed by atoms with Gasteiger partial charge in [-0.2, -0.15) is 0 Å². The van der Waals surface area contributed by atoms with Crippen molar-refractivity contribution >= 4 is 5.97 Å². The van der Waals surface area contributed by atoms with Crippen molar-refractivity contribution in [3.05, 3.63) is 11.6 Å².